The van der Waals surface area contributed by atoms with Crippen molar-refractivity contribution in [2.45, 2.75) is 46.1 Å². The van der Waals surface area contributed by atoms with E-state index in [1.165, 1.54) is 0 Å². The number of rotatable bonds is 9. The van der Waals surface area contributed by atoms with Gasteiger partial charge in [-0.05, 0) is 19.9 Å². The summed E-state index contributed by atoms with van der Waals surface area (Å²) in [6.07, 6.45) is 3.08. The van der Waals surface area contributed by atoms with E-state index >= 15 is 0 Å². The molecule has 1 atom stereocenters. The fourth-order valence-corrected chi connectivity index (χ4v) is 2.58. The summed E-state index contributed by atoms with van der Waals surface area (Å²) in [6, 6.07) is 0.0524. The normalized spacial score (nSPS) is 14.1. The molecule has 4 nitrogen and oxygen atoms in total. The molecule has 5 heteroatoms. The molecule has 0 saturated carbocycles. The molecule has 0 bridgehead atoms. The second kappa shape index (κ2) is 8.07. The van der Waals surface area contributed by atoms with Crippen molar-refractivity contribution in [1.29, 1.82) is 0 Å². The Balaban J connectivity index is 3.81. The summed E-state index contributed by atoms with van der Waals surface area (Å²) in [5.74, 6) is 0.164. The van der Waals surface area contributed by atoms with Gasteiger partial charge in [-0.15, -0.1) is 0 Å². The number of unbranched alkanes of at least 4 members (excludes halogenated alkanes) is 1. The Hall–Kier alpha value is -0.130. The zero-order valence-corrected chi connectivity index (χ0v) is 10.9. The fourth-order valence-electron chi connectivity index (χ4n) is 1.32. The number of nitrogens with one attached hydrogen (secondary N) is 2. The first-order chi connectivity index (χ1) is 7.02. The Morgan fingerprint density at radius 2 is 1.93 bits per heavy atom. The molecule has 15 heavy (non-hydrogen) atoms. The van der Waals surface area contributed by atoms with Crippen molar-refractivity contribution < 1.29 is 8.42 Å². The highest BCUT2D eigenvalue weighted by Crippen LogP contribution is 2.01. The van der Waals surface area contributed by atoms with E-state index in [9.17, 15) is 8.42 Å². The summed E-state index contributed by atoms with van der Waals surface area (Å²) in [7, 11) is -3.10. The highest BCUT2D eigenvalue weighted by Gasteiger charge is 2.13. The van der Waals surface area contributed by atoms with Crippen molar-refractivity contribution in [3.8, 4) is 0 Å². The summed E-state index contributed by atoms with van der Waals surface area (Å²) in [5.41, 5.74) is 0. The van der Waals surface area contributed by atoms with Crippen LogP contribution in [0.4, 0.5) is 0 Å². The molecule has 92 valence electrons. The summed E-state index contributed by atoms with van der Waals surface area (Å²) in [5, 5.41) is 3.00. The summed E-state index contributed by atoms with van der Waals surface area (Å²) in [4.78, 5) is 0. The highest BCUT2D eigenvalue weighted by atomic mass is 32.2. The predicted octanol–water partition coefficient (Wildman–Crippen LogP) is 1.09. The minimum atomic E-state index is -3.10. The Kier molecular flexibility index (Phi) is 8.00. The van der Waals surface area contributed by atoms with Crippen molar-refractivity contribution >= 4 is 10.0 Å². The highest BCUT2D eigenvalue weighted by molar-refractivity contribution is 7.89. The van der Waals surface area contributed by atoms with Crippen molar-refractivity contribution in [2.75, 3.05) is 18.8 Å². The molecule has 0 fully saturated rings. The quantitative estimate of drug-likeness (QED) is 0.589. The van der Waals surface area contributed by atoms with E-state index < -0.39 is 10.0 Å². The van der Waals surface area contributed by atoms with Gasteiger partial charge in [-0.3, -0.25) is 0 Å². The first kappa shape index (κ1) is 14.9. The summed E-state index contributed by atoms with van der Waals surface area (Å²) in [6.45, 7) is 7.31. The average Bonchev–Trinajstić information content (AvgIpc) is 2.14. The van der Waals surface area contributed by atoms with Gasteiger partial charge in [0.25, 0.3) is 0 Å². The van der Waals surface area contributed by atoms with Gasteiger partial charge >= 0.3 is 0 Å². The Morgan fingerprint density at radius 1 is 1.27 bits per heavy atom. The topological polar surface area (TPSA) is 58.2 Å². The number of hydrogen-bond donors (Lipinski definition) is 2. The zero-order valence-electron chi connectivity index (χ0n) is 10.0. The van der Waals surface area contributed by atoms with Gasteiger partial charge in [0.05, 0.1) is 5.75 Å². The first-order valence-electron chi connectivity index (χ1n) is 5.72. The van der Waals surface area contributed by atoms with Crippen molar-refractivity contribution in [2.24, 2.45) is 0 Å². The van der Waals surface area contributed by atoms with Crippen LogP contribution < -0.4 is 10.0 Å². The van der Waals surface area contributed by atoms with Crippen LogP contribution in [0.5, 0.6) is 0 Å². The summed E-state index contributed by atoms with van der Waals surface area (Å²) < 4.78 is 25.7. The van der Waals surface area contributed by atoms with Gasteiger partial charge in [0.1, 0.15) is 0 Å². The molecule has 0 aromatic carbocycles. The summed E-state index contributed by atoms with van der Waals surface area (Å²) >= 11 is 0. The lowest BCUT2D eigenvalue weighted by Crippen LogP contribution is -2.37. The van der Waals surface area contributed by atoms with Crippen LogP contribution in [0.25, 0.3) is 0 Å². The Bertz CT molecular complexity index is 240. The first-order valence-corrected chi connectivity index (χ1v) is 7.37. The van der Waals surface area contributed by atoms with Gasteiger partial charge in [0.2, 0.25) is 10.0 Å². The van der Waals surface area contributed by atoms with Gasteiger partial charge in [0, 0.05) is 12.6 Å². The molecule has 2 N–H and O–H groups in total. The van der Waals surface area contributed by atoms with Crippen molar-refractivity contribution in [3.05, 3.63) is 0 Å². The fraction of sp³-hybridized carbons (Fsp3) is 1.00. The van der Waals surface area contributed by atoms with E-state index in [4.69, 9.17) is 0 Å². The van der Waals surface area contributed by atoms with Crippen LogP contribution in [-0.2, 0) is 10.0 Å². The van der Waals surface area contributed by atoms with Gasteiger partial charge in [0.15, 0.2) is 0 Å². The standard InChI is InChI=1S/C10H24N2O2S/c1-4-6-7-10(3)12-15(13,14)9-8-11-5-2/h10-12H,4-9H2,1-3H3. The molecule has 1 unspecified atom stereocenters. The van der Waals surface area contributed by atoms with E-state index in [1.54, 1.807) is 0 Å². The number of sulfonamides is 1. The third-order valence-corrected chi connectivity index (χ3v) is 3.67. The van der Waals surface area contributed by atoms with E-state index in [-0.39, 0.29) is 11.8 Å². The third-order valence-electron chi connectivity index (χ3n) is 2.17. The minimum absolute atomic E-state index is 0.0524. The van der Waals surface area contributed by atoms with Crippen LogP contribution >= 0.6 is 0 Å². The smallest absolute Gasteiger partial charge is 0.213 e. The predicted molar refractivity (Wildman–Crippen MR) is 64.5 cm³/mol. The second-order valence-corrected chi connectivity index (χ2v) is 5.71. The molecule has 0 heterocycles. The second-order valence-electron chi connectivity index (χ2n) is 3.83. The van der Waals surface area contributed by atoms with E-state index in [2.05, 4.69) is 17.0 Å². The molecule has 0 amide bonds. The molecule has 0 aliphatic carbocycles. The minimum Gasteiger partial charge on any atom is -0.316 e. The van der Waals surface area contributed by atoms with E-state index in [0.29, 0.717) is 6.54 Å². The maximum atomic E-state index is 11.5. The van der Waals surface area contributed by atoms with Crippen LogP contribution in [0.15, 0.2) is 0 Å². The van der Waals surface area contributed by atoms with Crippen LogP contribution in [0.2, 0.25) is 0 Å². The molecule has 0 spiro atoms. The molecular formula is C10H24N2O2S. The Morgan fingerprint density at radius 3 is 2.47 bits per heavy atom. The lowest BCUT2D eigenvalue weighted by Gasteiger charge is -2.13. The third kappa shape index (κ3) is 8.84. The lowest BCUT2D eigenvalue weighted by atomic mass is 10.2. The molecule has 0 aliphatic rings. The average molecular weight is 236 g/mol. The van der Waals surface area contributed by atoms with Crippen molar-refractivity contribution in [3.63, 3.8) is 0 Å². The number of hydrogen-bond acceptors (Lipinski definition) is 3. The maximum Gasteiger partial charge on any atom is 0.213 e. The molecule has 0 saturated heterocycles. The van der Waals surface area contributed by atoms with Gasteiger partial charge < -0.3 is 5.32 Å². The molecule has 0 aliphatic heterocycles. The maximum absolute atomic E-state index is 11.5. The molecule has 0 rings (SSSR count). The van der Waals surface area contributed by atoms with Gasteiger partial charge in [-0.2, -0.15) is 0 Å². The van der Waals surface area contributed by atoms with Crippen LogP contribution in [0.3, 0.4) is 0 Å². The van der Waals surface area contributed by atoms with E-state index in [0.717, 1.165) is 25.8 Å². The molecule has 0 aromatic rings. The van der Waals surface area contributed by atoms with Crippen LogP contribution in [-0.4, -0.2) is 33.3 Å². The largest absolute Gasteiger partial charge is 0.316 e. The lowest BCUT2D eigenvalue weighted by molar-refractivity contribution is 0.532. The monoisotopic (exact) mass is 236 g/mol. The Labute approximate surface area is 93.9 Å². The van der Waals surface area contributed by atoms with Crippen LogP contribution in [0.1, 0.15) is 40.0 Å². The van der Waals surface area contributed by atoms with Crippen LogP contribution in [0, 0.1) is 0 Å². The SMILES string of the molecule is CCCCC(C)NS(=O)(=O)CCNCC. The molecule has 0 radical (unpaired) electrons. The van der Waals surface area contributed by atoms with Gasteiger partial charge in [-0.25, -0.2) is 13.1 Å². The zero-order chi connectivity index (χ0) is 11.7. The molecule has 0 aromatic heterocycles. The van der Waals surface area contributed by atoms with E-state index in [1.807, 2.05) is 13.8 Å². The molecular weight excluding hydrogens is 212 g/mol. The van der Waals surface area contributed by atoms with Crippen molar-refractivity contribution in [1.82, 2.24) is 10.0 Å². The van der Waals surface area contributed by atoms with Gasteiger partial charge in [-0.1, -0.05) is 26.7 Å².